The van der Waals surface area contributed by atoms with Crippen LogP contribution in [0, 0.1) is 0 Å². The fraction of sp³-hybridized carbons (Fsp3) is 0.0909. The molecule has 1 aromatic carbocycles. The Bertz CT molecular complexity index is 488. The van der Waals surface area contributed by atoms with Crippen molar-refractivity contribution in [3.63, 3.8) is 0 Å². The van der Waals surface area contributed by atoms with Crippen LogP contribution < -0.4 is 0 Å². The number of hydrogen-bond donors (Lipinski definition) is 1. The number of hydrogen-bond acceptors (Lipinski definition) is 1. The maximum absolute atomic E-state index is 12.5. The third-order valence-corrected chi connectivity index (χ3v) is 2.19. The predicted octanol–water partition coefficient (Wildman–Crippen LogP) is 3.20. The van der Waals surface area contributed by atoms with E-state index in [0.717, 1.165) is 18.2 Å². The zero-order chi connectivity index (χ0) is 11.8. The average Bonchev–Trinajstić information content (AvgIpc) is 2.69. The summed E-state index contributed by atoms with van der Waals surface area (Å²) in [4.78, 5) is 0. The fourth-order valence-electron chi connectivity index (χ4n) is 1.40. The van der Waals surface area contributed by atoms with E-state index in [1.807, 2.05) is 0 Å². The van der Waals surface area contributed by atoms with Crippen LogP contribution in [0.2, 0.25) is 0 Å². The molecule has 0 amide bonds. The van der Waals surface area contributed by atoms with Crippen molar-refractivity contribution in [2.45, 2.75) is 6.18 Å². The zero-order valence-electron chi connectivity index (χ0n) is 8.07. The van der Waals surface area contributed by atoms with Gasteiger partial charge in [0.05, 0.1) is 11.3 Å². The molecular formula is C11H8F3NO. The summed E-state index contributed by atoms with van der Waals surface area (Å²) in [6.07, 6.45) is -1.28. The molecule has 0 fully saturated rings. The van der Waals surface area contributed by atoms with Gasteiger partial charge in [-0.05, 0) is 30.3 Å². The van der Waals surface area contributed by atoms with Crippen LogP contribution in [0.25, 0.3) is 5.69 Å². The molecule has 0 aliphatic rings. The molecule has 0 radical (unpaired) electrons. The summed E-state index contributed by atoms with van der Waals surface area (Å²) >= 11 is 0. The van der Waals surface area contributed by atoms with Crippen LogP contribution >= 0.6 is 0 Å². The molecule has 1 aromatic heterocycles. The lowest BCUT2D eigenvalue weighted by molar-refractivity contribution is -0.137. The fourth-order valence-corrected chi connectivity index (χ4v) is 1.40. The first-order valence-corrected chi connectivity index (χ1v) is 4.52. The maximum Gasteiger partial charge on any atom is 0.416 e. The van der Waals surface area contributed by atoms with Gasteiger partial charge in [0.25, 0.3) is 0 Å². The highest BCUT2D eigenvalue weighted by Gasteiger charge is 2.31. The average molecular weight is 227 g/mol. The minimum atomic E-state index is -4.41. The van der Waals surface area contributed by atoms with Crippen molar-refractivity contribution in [3.8, 4) is 11.4 Å². The zero-order valence-corrected chi connectivity index (χ0v) is 8.07. The molecule has 0 aliphatic carbocycles. The highest BCUT2D eigenvalue weighted by molar-refractivity contribution is 5.49. The standard InChI is InChI=1S/C11H8F3NO/c12-11(13,14)8-3-4-10(16)9(7-8)15-5-1-2-6-15/h1-7,16H. The first-order valence-electron chi connectivity index (χ1n) is 4.52. The van der Waals surface area contributed by atoms with E-state index in [9.17, 15) is 18.3 Å². The Morgan fingerprint density at radius 1 is 1.06 bits per heavy atom. The highest BCUT2D eigenvalue weighted by atomic mass is 19.4. The van der Waals surface area contributed by atoms with Gasteiger partial charge in [0.1, 0.15) is 5.75 Å². The van der Waals surface area contributed by atoms with Crippen LogP contribution in [0.1, 0.15) is 5.56 Å². The van der Waals surface area contributed by atoms with Crippen molar-refractivity contribution in [1.29, 1.82) is 0 Å². The second-order valence-corrected chi connectivity index (χ2v) is 3.29. The molecule has 0 atom stereocenters. The normalized spacial score (nSPS) is 11.7. The van der Waals surface area contributed by atoms with Crippen LogP contribution in [0.3, 0.4) is 0 Å². The number of aromatic hydroxyl groups is 1. The van der Waals surface area contributed by atoms with Crippen molar-refractivity contribution in [2.75, 3.05) is 0 Å². The Morgan fingerprint density at radius 2 is 1.69 bits per heavy atom. The minimum Gasteiger partial charge on any atom is -0.506 e. The summed E-state index contributed by atoms with van der Waals surface area (Å²) in [7, 11) is 0. The Morgan fingerprint density at radius 3 is 2.25 bits per heavy atom. The van der Waals surface area contributed by atoms with E-state index >= 15 is 0 Å². The lowest BCUT2D eigenvalue weighted by Gasteiger charge is -2.11. The van der Waals surface area contributed by atoms with E-state index in [2.05, 4.69) is 0 Å². The van der Waals surface area contributed by atoms with Gasteiger partial charge < -0.3 is 9.67 Å². The van der Waals surface area contributed by atoms with E-state index < -0.39 is 11.7 Å². The van der Waals surface area contributed by atoms with Gasteiger partial charge in [-0.25, -0.2) is 0 Å². The van der Waals surface area contributed by atoms with E-state index in [4.69, 9.17) is 0 Å². The Balaban J connectivity index is 2.54. The number of benzene rings is 1. The number of rotatable bonds is 1. The second-order valence-electron chi connectivity index (χ2n) is 3.29. The van der Waals surface area contributed by atoms with Gasteiger partial charge in [-0.2, -0.15) is 13.2 Å². The lowest BCUT2D eigenvalue weighted by atomic mass is 10.2. The summed E-state index contributed by atoms with van der Waals surface area (Å²) in [6.45, 7) is 0. The van der Waals surface area contributed by atoms with Gasteiger partial charge in [-0.15, -0.1) is 0 Å². The van der Waals surface area contributed by atoms with Gasteiger partial charge in [-0.3, -0.25) is 0 Å². The minimum absolute atomic E-state index is 0.111. The number of phenolic OH excluding ortho intramolecular Hbond substituents is 1. The van der Waals surface area contributed by atoms with Gasteiger partial charge >= 0.3 is 6.18 Å². The van der Waals surface area contributed by atoms with Crippen molar-refractivity contribution in [3.05, 3.63) is 48.3 Å². The molecule has 0 saturated heterocycles. The van der Waals surface area contributed by atoms with Crippen molar-refractivity contribution in [2.24, 2.45) is 0 Å². The molecule has 0 aliphatic heterocycles. The van der Waals surface area contributed by atoms with E-state index in [0.29, 0.717) is 0 Å². The first-order chi connectivity index (χ1) is 7.48. The van der Waals surface area contributed by atoms with E-state index in [-0.39, 0.29) is 11.4 Å². The molecule has 84 valence electrons. The molecule has 16 heavy (non-hydrogen) atoms. The number of halogens is 3. The van der Waals surface area contributed by atoms with Crippen LogP contribution in [0.4, 0.5) is 13.2 Å². The maximum atomic E-state index is 12.5. The molecule has 1 heterocycles. The summed E-state index contributed by atoms with van der Waals surface area (Å²) in [6, 6.07) is 6.13. The number of aromatic nitrogens is 1. The van der Waals surface area contributed by atoms with Crippen LogP contribution in [-0.2, 0) is 6.18 Å². The number of nitrogens with zero attached hydrogens (tertiary/aromatic N) is 1. The number of alkyl halides is 3. The van der Waals surface area contributed by atoms with E-state index in [1.54, 1.807) is 24.5 Å². The van der Waals surface area contributed by atoms with Gasteiger partial charge in [0.15, 0.2) is 0 Å². The Labute approximate surface area is 89.6 Å². The third-order valence-electron chi connectivity index (χ3n) is 2.19. The van der Waals surface area contributed by atoms with Gasteiger partial charge in [-0.1, -0.05) is 0 Å². The highest BCUT2D eigenvalue weighted by Crippen LogP contribution is 2.33. The van der Waals surface area contributed by atoms with Crippen molar-refractivity contribution in [1.82, 2.24) is 4.57 Å². The third kappa shape index (κ3) is 1.88. The molecule has 5 heteroatoms. The summed E-state index contributed by atoms with van der Waals surface area (Å²) < 4.78 is 38.8. The summed E-state index contributed by atoms with van der Waals surface area (Å²) in [5.74, 6) is -0.191. The molecule has 2 rings (SSSR count). The molecular weight excluding hydrogens is 219 g/mol. The summed E-state index contributed by atoms with van der Waals surface area (Å²) in [5.41, 5.74) is -0.672. The summed E-state index contributed by atoms with van der Waals surface area (Å²) in [5, 5.41) is 9.48. The van der Waals surface area contributed by atoms with Crippen LogP contribution in [0.5, 0.6) is 5.75 Å². The van der Waals surface area contributed by atoms with Crippen LogP contribution in [-0.4, -0.2) is 9.67 Å². The molecule has 1 N–H and O–H groups in total. The quantitative estimate of drug-likeness (QED) is 0.795. The van der Waals surface area contributed by atoms with Crippen LogP contribution in [0.15, 0.2) is 42.7 Å². The van der Waals surface area contributed by atoms with Gasteiger partial charge in [0.2, 0.25) is 0 Å². The Hall–Kier alpha value is -1.91. The largest absolute Gasteiger partial charge is 0.506 e. The lowest BCUT2D eigenvalue weighted by Crippen LogP contribution is -2.05. The molecule has 0 saturated carbocycles. The number of phenols is 1. The molecule has 0 bridgehead atoms. The molecule has 0 spiro atoms. The molecule has 2 nitrogen and oxygen atoms in total. The monoisotopic (exact) mass is 227 g/mol. The van der Waals surface area contributed by atoms with Crippen molar-refractivity contribution < 1.29 is 18.3 Å². The second kappa shape index (κ2) is 3.59. The molecule has 0 unspecified atom stereocenters. The SMILES string of the molecule is Oc1ccc(C(F)(F)F)cc1-n1cccc1. The molecule has 2 aromatic rings. The van der Waals surface area contributed by atoms with Gasteiger partial charge in [0, 0.05) is 12.4 Å². The first kappa shape index (κ1) is 10.6. The Kier molecular flexibility index (Phi) is 2.38. The van der Waals surface area contributed by atoms with E-state index in [1.165, 1.54) is 4.57 Å². The topological polar surface area (TPSA) is 25.2 Å². The predicted molar refractivity (Wildman–Crippen MR) is 52.4 cm³/mol. The smallest absolute Gasteiger partial charge is 0.416 e. The van der Waals surface area contributed by atoms with Crippen molar-refractivity contribution >= 4 is 0 Å².